The minimum Gasteiger partial charge on any atom is -0.396 e. The summed E-state index contributed by atoms with van der Waals surface area (Å²) in [6, 6.07) is 2.63. The van der Waals surface area contributed by atoms with Gasteiger partial charge in [-0.3, -0.25) is 4.79 Å². The summed E-state index contributed by atoms with van der Waals surface area (Å²) in [5.41, 5.74) is 0.308. The Balaban J connectivity index is 2.46. The van der Waals surface area contributed by atoms with Crippen LogP contribution in [0.4, 0.5) is 4.39 Å². The van der Waals surface area contributed by atoms with Crippen molar-refractivity contribution in [2.45, 2.75) is 19.3 Å². The van der Waals surface area contributed by atoms with Crippen molar-refractivity contribution in [3.05, 3.63) is 29.8 Å². The quantitative estimate of drug-likeness (QED) is 0.605. The van der Waals surface area contributed by atoms with E-state index >= 15 is 0 Å². The van der Waals surface area contributed by atoms with Gasteiger partial charge in [0.2, 0.25) is 5.95 Å². The lowest BCUT2D eigenvalue weighted by atomic mass is 10.2. The summed E-state index contributed by atoms with van der Waals surface area (Å²) in [6.07, 6.45) is 3.73. The van der Waals surface area contributed by atoms with Crippen molar-refractivity contribution in [2.24, 2.45) is 0 Å². The number of amides is 1. The van der Waals surface area contributed by atoms with Crippen LogP contribution in [0.1, 0.15) is 29.6 Å². The van der Waals surface area contributed by atoms with Crippen LogP contribution >= 0.6 is 0 Å². The monoisotopic (exact) mass is 240 g/mol. The van der Waals surface area contributed by atoms with Crippen LogP contribution in [0, 0.1) is 5.95 Å². The van der Waals surface area contributed by atoms with Gasteiger partial charge in [-0.15, -0.1) is 0 Å². The number of aromatic nitrogens is 1. The van der Waals surface area contributed by atoms with E-state index in [0.717, 1.165) is 25.3 Å². The molecule has 0 aromatic carbocycles. The standard InChI is InChI=1S/C12H17FN2O2/c1-15(7-3-2-4-8-16)12(17)10-5-6-14-11(13)9-10/h5-6,9,16H,2-4,7-8H2,1H3. The van der Waals surface area contributed by atoms with Gasteiger partial charge >= 0.3 is 0 Å². The van der Waals surface area contributed by atoms with Gasteiger partial charge in [0.1, 0.15) is 0 Å². The number of aliphatic hydroxyl groups excluding tert-OH is 1. The van der Waals surface area contributed by atoms with Gasteiger partial charge in [0.25, 0.3) is 5.91 Å². The Labute approximate surface area is 100 Å². The van der Waals surface area contributed by atoms with Crippen molar-refractivity contribution in [2.75, 3.05) is 20.2 Å². The zero-order valence-electron chi connectivity index (χ0n) is 9.90. The molecular weight excluding hydrogens is 223 g/mol. The van der Waals surface area contributed by atoms with E-state index in [4.69, 9.17) is 5.11 Å². The zero-order valence-corrected chi connectivity index (χ0v) is 9.90. The molecule has 94 valence electrons. The SMILES string of the molecule is CN(CCCCCO)C(=O)c1ccnc(F)c1. The number of hydrogen-bond acceptors (Lipinski definition) is 3. The Kier molecular flexibility index (Phi) is 5.56. The van der Waals surface area contributed by atoms with E-state index in [1.807, 2.05) is 0 Å². The maximum absolute atomic E-state index is 12.8. The first-order valence-corrected chi connectivity index (χ1v) is 5.63. The molecule has 0 aliphatic rings. The summed E-state index contributed by atoms with van der Waals surface area (Å²) >= 11 is 0. The molecule has 1 rings (SSSR count). The lowest BCUT2D eigenvalue weighted by Gasteiger charge is -2.16. The van der Waals surface area contributed by atoms with Crippen LogP contribution in [0.5, 0.6) is 0 Å². The molecule has 0 saturated heterocycles. The average Bonchev–Trinajstić information content (AvgIpc) is 2.33. The van der Waals surface area contributed by atoms with Crippen LogP contribution in [-0.2, 0) is 0 Å². The van der Waals surface area contributed by atoms with Crippen LogP contribution in [0.2, 0.25) is 0 Å². The zero-order chi connectivity index (χ0) is 12.7. The third kappa shape index (κ3) is 4.48. The van der Waals surface area contributed by atoms with E-state index < -0.39 is 5.95 Å². The van der Waals surface area contributed by atoms with Crippen molar-refractivity contribution >= 4 is 5.91 Å². The highest BCUT2D eigenvalue weighted by molar-refractivity contribution is 5.93. The van der Waals surface area contributed by atoms with Crippen molar-refractivity contribution in [3.63, 3.8) is 0 Å². The van der Waals surface area contributed by atoms with Gasteiger partial charge in [0.15, 0.2) is 0 Å². The summed E-state index contributed by atoms with van der Waals surface area (Å²) in [7, 11) is 1.68. The predicted octanol–water partition coefficient (Wildman–Crippen LogP) is 1.46. The van der Waals surface area contributed by atoms with Gasteiger partial charge in [-0.25, -0.2) is 4.98 Å². The van der Waals surface area contributed by atoms with Crippen LogP contribution in [0.15, 0.2) is 18.3 Å². The molecule has 1 heterocycles. The van der Waals surface area contributed by atoms with E-state index in [0.29, 0.717) is 12.1 Å². The minimum absolute atomic E-state index is 0.174. The number of hydrogen-bond donors (Lipinski definition) is 1. The Morgan fingerprint density at radius 3 is 2.88 bits per heavy atom. The third-order valence-electron chi connectivity index (χ3n) is 2.47. The fourth-order valence-electron chi connectivity index (χ4n) is 1.49. The molecule has 17 heavy (non-hydrogen) atoms. The average molecular weight is 240 g/mol. The Bertz CT molecular complexity index is 371. The number of carbonyl (C=O) groups is 1. The van der Waals surface area contributed by atoms with Crippen LogP contribution in [-0.4, -0.2) is 41.1 Å². The Morgan fingerprint density at radius 1 is 1.47 bits per heavy atom. The van der Waals surface area contributed by atoms with E-state index in [9.17, 15) is 9.18 Å². The van der Waals surface area contributed by atoms with Gasteiger partial charge in [-0.1, -0.05) is 0 Å². The van der Waals surface area contributed by atoms with Crippen LogP contribution in [0.25, 0.3) is 0 Å². The summed E-state index contributed by atoms with van der Waals surface area (Å²) in [4.78, 5) is 16.8. The molecule has 0 fully saturated rings. The molecular formula is C12H17FN2O2. The molecule has 1 aromatic heterocycles. The molecule has 5 heteroatoms. The first-order chi connectivity index (χ1) is 8.15. The fourth-order valence-corrected chi connectivity index (χ4v) is 1.49. The number of pyridine rings is 1. The molecule has 0 unspecified atom stereocenters. The predicted molar refractivity (Wildman–Crippen MR) is 62.1 cm³/mol. The Morgan fingerprint density at radius 2 is 2.24 bits per heavy atom. The molecule has 0 saturated carbocycles. The second-order valence-corrected chi connectivity index (χ2v) is 3.88. The number of rotatable bonds is 6. The molecule has 0 spiro atoms. The molecule has 0 atom stereocenters. The maximum Gasteiger partial charge on any atom is 0.253 e. The summed E-state index contributed by atoms with van der Waals surface area (Å²) in [5, 5.41) is 8.62. The van der Waals surface area contributed by atoms with Gasteiger partial charge in [-0.05, 0) is 25.3 Å². The van der Waals surface area contributed by atoms with Gasteiger partial charge in [-0.2, -0.15) is 4.39 Å². The van der Waals surface area contributed by atoms with E-state index in [2.05, 4.69) is 4.98 Å². The maximum atomic E-state index is 12.8. The fraction of sp³-hybridized carbons (Fsp3) is 0.500. The second kappa shape index (κ2) is 6.96. The van der Waals surface area contributed by atoms with Crippen LogP contribution < -0.4 is 0 Å². The summed E-state index contributed by atoms with van der Waals surface area (Å²) in [6.45, 7) is 0.774. The molecule has 0 bridgehead atoms. The number of halogens is 1. The summed E-state index contributed by atoms with van der Waals surface area (Å²) in [5.74, 6) is -0.861. The van der Waals surface area contributed by atoms with E-state index in [1.165, 1.54) is 12.3 Å². The number of carbonyl (C=O) groups excluding carboxylic acids is 1. The molecule has 1 N–H and O–H groups in total. The number of aliphatic hydroxyl groups is 1. The molecule has 4 nitrogen and oxygen atoms in total. The number of unbranched alkanes of at least 4 members (excludes halogenated alkanes) is 2. The molecule has 1 aromatic rings. The molecule has 0 aliphatic heterocycles. The summed E-state index contributed by atoms with van der Waals surface area (Å²) < 4.78 is 12.8. The van der Waals surface area contributed by atoms with E-state index in [-0.39, 0.29) is 12.5 Å². The largest absolute Gasteiger partial charge is 0.396 e. The molecule has 0 radical (unpaired) electrons. The highest BCUT2D eigenvalue weighted by Gasteiger charge is 2.11. The highest BCUT2D eigenvalue weighted by atomic mass is 19.1. The van der Waals surface area contributed by atoms with Gasteiger partial charge < -0.3 is 10.0 Å². The number of nitrogens with zero attached hydrogens (tertiary/aromatic N) is 2. The Hall–Kier alpha value is -1.49. The minimum atomic E-state index is -0.649. The van der Waals surface area contributed by atoms with Crippen LogP contribution in [0.3, 0.4) is 0 Å². The molecule has 1 amide bonds. The van der Waals surface area contributed by atoms with Gasteiger partial charge in [0.05, 0.1) is 0 Å². The lowest BCUT2D eigenvalue weighted by molar-refractivity contribution is 0.0791. The first-order valence-electron chi connectivity index (χ1n) is 5.63. The van der Waals surface area contributed by atoms with E-state index in [1.54, 1.807) is 11.9 Å². The van der Waals surface area contributed by atoms with Gasteiger partial charge in [0, 0.05) is 38.0 Å². The second-order valence-electron chi connectivity index (χ2n) is 3.88. The third-order valence-corrected chi connectivity index (χ3v) is 2.47. The highest BCUT2D eigenvalue weighted by Crippen LogP contribution is 2.05. The van der Waals surface area contributed by atoms with Crippen molar-refractivity contribution in [3.8, 4) is 0 Å². The lowest BCUT2D eigenvalue weighted by Crippen LogP contribution is -2.27. The molecule has 0 aliphatic carbocycles. The normalized spacial score (nSPS) is 10.3. The smallest absolute Gasteiger partial charge is 0.253 e. The van der Waals surface area contributed by atoms with Crippen molar-refractivity contribution in [1.82, 2.24) is 9.88 Å². The van der Waals surface area contributed by atoms with Crippen molar-refractivity contribution < 1.29 is 14.3 Å². The van der Waals surface area contributed by atoms with Crippen molar-refractivity contribution in [1.29, 1.82) is 0 Å². The first kappa shape index (κ1) is 13.6. The topological polar surface area (TPSA) is 53.4 Å².